The lowest BCUT2D eigenvalue weighted by Gasteiger charge is -2.35. The molecule has 1 fully saturated rings. The number of nitro groups is 1. The Morgan fingerprint density at radius 3 is 2.61 bits per heavy atom. The third-order valence-corrected chi connectivity index (χ3v) is 5.33. The highest BCUT2D eigenvalue weighted by Crippen LogP contribution is 2.33. The van der Waals surface area contributed by atoms with Crippen molar-refractivity contribution in [3.63, 3.8) is 0 Å². The van der Waals surface area contributed by atoms with Gasteiger partial charge in [0.25, 0.3) is 0 Å². The molecule has 0 N–H and O–H groups in total. The molecular weight excluding hydrogens is 316 g/mol. The molecule has 0 amide bonds. The van der Waals surface area contributed by atoms with Crippen LogP contribution in [-0.4, -0.2) is 73.7 Å². The van der Waals surface area contributed by atoms with Crippen LogP contribution in [0.4, 0.5) is 5.69 Å². The lowest BCUT2D eigenvalue weighted by molar-refractivity contribution is -0.385. The van der Waals surface area contributed by atoms with Crippen molar-refractivity contribution in [1.82, 2.24) is 19.6 Å². The van der Waals surface area contributed by atoms with E-state index in [1.807, 2.05) is 11.8 Å². The number of nitrogens with zero attached hydrogens (tertiary/aromatic N) is 6. The maximum atomic E-state index is 10.7. The standard InChI is InChI=1S/C14H22N6O2S/c1-14(2)11-15-13(23-14)18-6-3-17(4-7-18)5-8-19-10-12(9-16-19)20(21)22/h9-10H,3-8,11H2,1-2H3. The normalized spacial score (nSPS) is 21.5. The second-order valence-corrected chi connectivity index (χ2v) is 8.18. The molecule has 0 unspecified atom stereocenters. The van der Waals surface area contributed by atoms with Crippen molar-refractivity contribution < 1.29 is 4.92 Å². The van der Waals surface area contributed by atoms with Crippen LogP contribution in [0.5, 0.6) is 0 Å². The molecule has 0 radical (unpaired) electrons. The smallest absolute Gasteiger partial charge is 0.306 e. The maximum absolute atomic E-state index is 10.7. The average Bonchev–Trinajstić information content (AvgIpc) is 3.12. The third kappa shape index (κ3) is 4.03. The minimum atomic E-state index is -0.413. The van der Waals surface area contributed by atoms with Gasteiger partial charge in [0, 0.05) is 37.5 Å². The molecule has 126 valence electrons. The number of aromatic nitrogens is 2. The Morgan fingerprint density at radius 1 is 1.30 bits per heavy atom. The molecule has 0 atom stereocenters. The van der Waals surface area contributed by atoms with Gasteiger partial charge in [-0.3, -0.25) is 24.7 Å². The van der Waals surface area contributed by atoms with Gasteiger partial charge >= 0.3 is 5.69 Å². The van der Waals surface area contributed by atoms with Crippen molar-refractivity contribution in [1.29, 1.82) is 0 Å². The van der Waals surface area contributed by atoms with Crippen LogP contribution in [0, 0.1) is 10.1 Å². The van der Waals surface area contributed by atoms with Crippen LogP contribution in [0.2, 0.25) is 0 Å². The molecule has 0 saturated carbocycles. The molecule has 3 rings (SSSR count). The van der Waals surface area contributed by atoms with E-state index in [1.165, 1.54) is 17.6 Å². The first-order valence-electron chi connectivity index (χ1n) is 7.81. The highest BCUT2D eigenvalue weighted by Gasteiger charge is 2.31. The molecule has 8 nitrogen and oxygen atoms in total. The van der Waals surface area contributed by atoms with Gasteiger partial charge in [-0.05, 0) is 13.8 Å². The van der Waals surface area contributed by atoms with E-state index < -0.39 is 4.92 Å². The van der Waals surface area contributed by atoms with Gasteiger partial charge in [0.2, 0.25) is 0 Å². The molecule has 0 aromatic carbocycles. The van der Waals surface area contributed by atoms with Gasteiger partial charge in [-0.2, -0.15) is 5.10 Å². The van der Waals surface area contributed by atoms with E-state index in [1.54, 1.807) is 4.68 Å². The fourth-order valence-corrected chi connectivity index (χ4v) is 3.77. The number of rotatable bonds is 4. The van der Waals surface area contributed by atoms with Crippen LogP contribution in [0.15, 0.2) is 17.4 Å². The van der Waals surface area contributed by atoms with E-state index in [-0.39, 0.29) is 10.4 Å². The van der Waals surface area contributed by atoms with E-state index in [0.717, 1.165) is 39.3 Å². The van der Waals surface area contributed by atoms with Gasteiger partial charge in [-0.25, -0.2) is 0 Å². The highest BCUT2D eigenvalue weighted by atomic mass is 32.2. The van der Waals surface area contributed by atoms with Crippen LogP contribution in [-0.2, 0) is 6.54 Å². The van der Waals surface area contributed by atoms with Gasteiger partial charge in [0.15, 0.2) is 5.17 Å². The van der Waals surface area contributed by atoms with Crippen molar-refractivity contribution in [3.8, 4) is 0 Å². The minimum absolute atomic E-state index is 0.0497. The molecule has 23 heavy (non-hydrogen) atoms. The van der Waals surface area contributed by atoms with E-state index >= 15 is 0 Å². The maximum Gasteiger partial charge on any atom is 0.306 e. The number of aliphatic imine (C=N–C) groups is 1. The van der Waals surface area contributed by atoms with Crippen molar-refractivity contribution in [2.45, 2.75) is 25.1 Å². The first-order valence-corrected chi connectivity index (χ1v) is 8.62. The molecule has 1 saturated heterocycles. The predicted molar refractivity (Wildman–Crippen MR) is 90.9 cm³/mol. The zero-order chi connectivity index (χ0) is 16.4. The Bertz CT molecular complexity index is 606. The summed E-state index contributed by atoms with van der Waals surface area (Å²) in [5, 5.41) is 15.9. The van der Waals surface area contributed by atoms with Gasteiger partial charge in [-0.15, -0.1) is 0 Å². The van der Waals surface area contributed by atoms with Crippen molar-refractivity contribution in [2.75, 3.05) is 39.3 Å². The second kappa shape index (κ2) is 6.48. The van der Waals surface area contributed by atoms with Gasteiger partial charge < -0.3 is 4.90 Å². The molecule has 0 aliphatic carbocycles. The number of amidine groups is 1. The van der Waals surface area contributed by atoms with Crippen molar-refractivity contribution in [3.05, 3.63) is 22.5 Å². The first-order chi connectivity index (χ1) is 10.9. The Labute approximate surface area is 139 Å². The summed E-state index contributed by atoms with van der Waals surface area (Å²) in [6, 6.07) is 0. The number of hydrogen-bond donors (Lipinski definition) is 0. The van der Waals surface area contributed by atoms with Crippen LogP contribution in [0.25, 0.3) is 0 Å². The Hall–Kier alpha value is -1.61. The first kappa shape index (κ1) is 16.3. The van der Waals surface area contributed by atoms with E-state index in [2.05, 4.69) is 33.7 Å². The Morgan fingerprint density at radius 2 is 2.04 bits per heavy atom. The van der Waals surface area contributed by atoms with Crippen LogP contribution < -0.4 is 0 Å². The predicted octanol–water partition coefficient (Wildman–Crippen LogP) is 1.29. The van der Waals surface area contributed by atoms with Crippen molar-refractivity contribution >= 4 is 22.6 Å². The zero-order valence-corrected chi connectivity index (χ0v) is 14.3. The summed E-state index contributed by atoms with van der Waals surface area (Å²) >= 11 is 1.87. The summed E-state index contributed by atoms with van der Waals surface area (Å²) in [4.78, 5) is 19.6. The second-order valence-electron chi connectivity index (χ2n) is 6.51. The van der Waals surface area contributed by atoms with Gasteiger partial charge in [0.05, 0.1) is 18.0 Å². The molecule has 1 aromatic heterocycles. The minimum Gasteiger partial charge on any atom is -0.349 e. The zero-order valence-electron chi connectivity index (χ0n) is 13.5. The molecular formula is C14H22N6O2S. The van der Waals surface area contributed by atoms with E-state index in [4.69, 9.17) is 0 Å². The fraction of sp³-hybridized carbons (Fsp3) is 0.714. The Kier molecular flexibility index (Phi) is 4.58. The van der Waals surface area contributed by atoms with Gasteiger partial charge in [0.1, 0.15) is 12.4 Å². The van der Waals surface area contributed by atoms with E-state index in [0.29, 0.717) is 6.54 Å². The molecule has 3 heterocycles. The topological polar surface area (TPSA) is 79.8 Å². The average molecular weight is 338 g/mol. The molecule has 1 aromatic rings. The van der Waals surface area contributed by atoms with E-state index in [9.17, 15) is 10.1 Å². The summed E-state index contributed by atoms with van der Waals surface area (Å²) < 4.78 is 1.87. The lowest BCUT2D eigenvalue weighted by atomic mass is 10.2. The lowest BCUT2D eigenvalue weighted by Crippen LogP contribution is -2.48. The number of hydrogen-bond acceptors (Lipinski definition) is 7. The third-order valence-electron chi connectivity index (χ3n) is 4.08. The highest BCUT2D eigenvalue weighted by molar-refractivity contribution is 8.15. The summed E-state index contributed by atoms with van der Waals surface area (Å²) in [7, 11) is 0. The summed E-state index contributed by atoms with van der Waals surface area (Å²) in [5.41, 5.74) is 0.0497. The van der Waals surface area contributed by atoms with Crippen LogP contribution in [0.1, 0.15) is 13.8 Å². The quantitative estimate of drug-likeness (QED) is 0.608. The van der Waals surface area contributed by atoms with Crippen LogP contribution >= 0.6 is 11.8 Å². The molecule has 0 bridgehead atoms. The number of thioether (sulfide) groups is 1. The number of piperazine rings is 1. The molecule has 9 heteroatoms. The summed E-state index contributed by atoms with van der Waals surface area (Å²) in [6.07, 6.45) is 2.79. The monoisotopic (exact) mass is 338 g/mol. The largest absolute Gasteiger partial charge is 0.349 e. The van der Waals surface area contributed by atoms with Crippen LogP contribution in [0.3, 0.4) is 0 Å². The Balaban J connectivity index is 1.43. The summed E-state index contributed by atoms with van der Waals surface area (Å²) in [5.74, 6) is 0. The summed E-state index contributed by atoms with van der Waals surface area (Å²) in [6.45, 7) is 10.8. The molecule has 2 aliphatic rings. The van der Waals surface area contributed by atoms with Crippen molar-refractivity contribution in [2.24, 2.45) is 4.99 Å². The fourth-order valence-electron chi connectivity index (χ4n) is 2.71. The molecule has 2 aliphatic heterocycles. The SMILES string of the molecule is CC1(C)CN=C(N2CCN(CCn3cc([N+](=O)[O-])cn3)CC2)S1. The molecule has 0 spiro atoms. The van der Waals surface area contributed by atoms with Gasteiger partial charge in [-0.1, -0.05) is 11.8 Å².